The van der Waals surface area contributed by atoms with Gasteiger partial charge in [0.1, 0.15) is 11.3 Å². The van der Waals surface area contributed by atoms with Crippen molar-refractivity contribution >= 4 is 23.2 Å². The number of nitrogens with zero attached hydrogens (tertiary/aromatic N) is 3. The number of pyridine rings is 1. The number of benzene rings is 2. The van der Waals surface area contributed by atoms with Crippen molar-refractivity contribution in [3.8, 4) is 17.2 Å². The Morgan fingerprint density at radius 1 is 1.17 bits per heavy atom. The van der Waals surface area contributed by atoms with Gasteiger partial charge in [-0.05, 0) is 35.2 Å². The summed E-state index contributed by atoms with van der Waals surface area (Å²) in [5.41, 5.74) is 5.39. The van der Waals surface area contributed by atoms with Crippen LogP contribution in [0.5, 0.6) is 0 Å². The van der Waals surface area contributed by atoms with Gasteiger partial charge >= 0.3 is 0 Å². The number of carbonyl (C=O) groups excluding carboxylic acids is 1. The molecule has 1 N–H and O–H groups in total. The van der Waals surface area contributed by atoms with Crippen LogP contribution in [-0.2, 0) is 13.0 Å². The van der Waals surface area contributed by atoms with Gasteiger partial charge in [0.05, 0.1) is 17.3 Å². The topological polar surface area (TPSA) is 70.2 Å². The highest BCUT2D eigenvalue weighted by Gasteiger charge is 2.18. The third-order valence-corrected chi connectivity index (χ3v) is 5.21. The average molecular weight is 415 g/mol. The molecule has 0 saturated carbocycles. The second-order valence-corrected chi connectivity index (χ2v) is 7.31. The smallest absolute Gasteiger partial charge is 0.270 e. The molecule has 4 aromatic rings. The van der Waals surface area contributed by atoms with E-state index >= 15 is 0 Å². The second kappa shape index (κ2) is 8.40. The number of nitrogens with one attached hydrogen (secondary N) is 1. The first-order valence-corrected chi connectivity index (χ1v) is 10.0. The lowest BCUT2D eigenvalue weighted by Gasteiger charge is -2.09. The maximum atomic E-state index is 12.9. The number of aromatic nitrogens is 2. The van der Waals surface area contributed by atoms with Crippen molar-refractivity contribution in [2.24, 2.45) is 0 Å². The summed E-state index contributed by atoms with van der Waals surface area (Å²) in [7, 11) is 0. The van der Waals surface area contributed by atoms with Gasteiger partial charge in [-0.25, -0.2) is 4.98 Å². The van der Waals surface area contributed by atoms with E-state index in [1.54, 1.807) is 28.8 Å². The molecule has 2 aromatic heterocycles. The molecule has 30 heavy (non-hydrogen) atoms. The average Bonchev–Trinajstić information content (AvgIpc) is 3.15. The van der Waals surface area contributed by atoms with Crippen LogP contribution in [0.25, 0.3) is 16.8 Å². The summed E-state index contributed by atoms with van der Waals surface area (Å²) in [4.78, 5) is 17.4. The molecule has 4 rings (SSSR count). The Morgan fingerprint density at radius 3 is 2.67 bits per heavy atom. The van der Waals surface area contributed by atoms with Crippen LogP contribution in [0.2, 0.25) is 5.02 Å². The van der Waals surface area contributed by atoms with Gasteiger partial charge < -0.3 is 5.32 Å². The first-order chi connectivity index (χ1) is 14.6. The number of imidazole rings is 1. The summed E-state index contributed by atoms with van der Waals surface area (Å²) in [6, 6.07) is 21.0. The Labute approximate surface area is 179 Å². The second-order valence-electron chi connectivity index (χ2n) is 6.87. The first kappa shape index (κ1) is 19.7. The van der Waals surface area contributed by atoms with Crippen molar-refractivity contribution in [3.63, 3.8) is 0 Å². The molecule has 2 aromatic carbocycles. The zero-order valence-electron chi connectivity index (χ0n) is 16.4. The van der Waals surface area contributed by atoms with Gasteiger partial charge in [0.25, 0.3) is 5.91 Å². The fraction of sp³-hybridized carbons (Fsp3) is 0.125. The fourth-order valence-electron chi connectivity index (χ4n) is 3.46. The van der Waals surface area contributed by atoms with E-state index in [4.69, 9.17) is 11.6 Å². The van der Waals surface area contributed by atoms with E-state index in [0.717, 1.165) is 22.4 Å². The number of hydrogen-bond donors (Lipinski definition) is 1. The van der Waals surface area contributed by atoms with E-state index in [-0.39, 0.29) is 5.91 Å². The summed E-state index contributed by atoms with van der Waals surface area (Å²) in [5.74, 6) is -0.180. The standard InChI is InChI=1S/C24H19ClN4O/c1-2-21-23(29-12-11-19(25)13-22(29)28-21)24(30)27-15-16-7-9-17(10-8-16)20-6-4-3-5-18(20)14-26/h3-13H,2,15H2,1H3,(H,27,30). The summed E-state index contributed by atoms with van der Waals surface area (Å²) in [6.07, 6.45) is 2.41. The predicted molar refractivity (Wildman–Crippen MR) is 117 cm³/mol. The van der Waals surface area contributed by atoms with Gasteiger partial charge in [0.15, 0.2) is 0 Å². The van der Waals surface area contributed by atoms with Crippen LogP contribution >= 0.6 is 11.6 Å². The molecule has 0 aliphatic rings. The van der Waals surface area contributed by atoms with E-state index in [0.29, 0.717) is 34.9 Å². The molecule has 0 unspecified atom stereocenters. The van der Waals surface area contributed by atoms with Crippen molar-refractivity contribution in [2.45, 2.75) is 19.9 Å². The molecule has 5 nitrogen and oxygen atoms in total. The van der Waals surface area contributed by atoms with E-state index in [1.807, 2.05) is 49.4 Å². The van der Waals surface area contributed by atoms with Crippen molar-refractivity contribution in [1.29, 1.82) is 5.26 Å². The van der Waals surface area contributed by atoms with Crippen molar-refractivity contribution in [3.05, 3.63) is 94.4 Å². The summed E-state index contributed by atoms with van der Waals surface area (Å²) < 4.78 is 1.77. The minimum atomic E-state index is -0.180. The molecule has 0 fully saturated rings. The number of carbonyl (C=O) groups is 1. The molecule has 148 valence electrons. The SMILES string of the molecule is CCc1nc2cc(Cl)ccn2c1C(=O)NCc1ccc(-c2ccccc2C#N)cc1. The minimum Gasteiger partial charge on any atom is -0.347 e. The zero-order chi connectivity index (χ0) is 21.1. The van der Waals surface area contributed by atoms with Crippen molar-refractivity contribution in [2.75, 3.05) is 0 Å². The van der Waals surface area contributed by atoms with Crippen LogP contribution in [0.1, 0.15) is 34.2 Å². The Kier molecular flexibility index (Phi) is 5.51. The molecule has 0 saturated heterocycles. The molecular formula is C24H19ClN4O. The third kappa shape index (κ3) is 3.78. The molecule has 0 spiro atoms. The maximum absolute atomic E-state index is 12.9. The lowest BCUT2D eigenvalue weighted by Crippen LogP contribution is -2.25. The van der Waals surface area contributed by atoms with Gasteiger partial charge in [-0.1, -0.05) is 61.0 Å². The van der Waals surface area contributed by atoms with Crippen molar-refractivity contribution in [1.82, 2.24) is 14.7 Å². The lowest BCUT2D eigenvalue weighted by molar-refractivity contribution is 0.0944. The van der Waals surface area contributed by atoms with Crippen molar-refractivity contribution < 1.29 is 4.79 Å². The normalized spacial score (nSPS) is 10.7. The van der Waals surface area contributed by atoms with Crippen LogP contribution < -0.4 is 5.32 Å². The predicted octanol–water partition coefficient (Wildman–Crippen LogP) is 5.02. The van der Waals surface area contributed by atoms with Crippen LogP contribution in [0, 0.1) is 11.3 Å². The highest BCUT2D eigenvalue weighted by molar-refractivity contribution is 6.30. The summed E-state index contributed by atoms with van der Waals surface area (Å²) in [6.45, 7) is 2.36. The molecule has 0 atom stereocenters. The molecule has 0 aliphatic carbocycles. The number of nitriles is 1. The van der Waals surface area contributed by atoms with Gasteiger partial charge in [-0.15, -0.1) is 0 Å². The van der Waals surface area contributed by atoms with Gasteiger partial charge in [-0.3, -0.25) is 9.20 Å². The Bertz CT molecular complexity index is 1270. The Morgan fingerprint density at radius 2 is 1.93 bits per heavy atom. The summed E-state index contributed by atoms with van der Waals surface area (Å²) in [5, 5.41) is 12.9. The molecular weight excluding hydrogens is 396 g/mol. The quantitative estimate of drug-likeness (QED) is 0.498. The van der Waals surface area contributed by atoms with Crippen LogP contribution in [-0.4, -0.2) is 15.3 Å². The number of rotatable bonds is 5. The number of hydrogen-bond acceptors (Lipinski definition) is 3. The zero-order valence-corrected chi connectivity index (χ0v) is 17.1. The highest BCUT2D eigenvalue weighted by atomic mass is 35.5. The number of amides is 1. The summed E-state index contributed by atoms with van der Waals surface area (Å²) >= 11 is 6.05. The Balaban J connectivity index is 1.52. The first-order valence-electron chi connectivity index (χ1n) is 9.64. The molecule has 0 bridgehead atoms. The third-order valence-electron chi connectivity index (χ3n) is 4.98. The monoisotopic (exact) mass is 414 g/mol. The number of halogens is 1. The van der Waals surface area contributed by atoms with Gasteiger partial charge in [0.2, 0.25) is 0 Å². The van der Waals surface area contributed by atoms with E-state index < -0.39 is 0 Å². The molecule has 1 amide bonds. The molecule has 0 radical (unpaired) electrons. The molecule has 2 heterocycles. The van der Waals surface area contributed by atoms with Crippen LogP contribution in [0.3, 0.4) is 0 Å². The Hall–Kier alpha value is -3.62. The molecule has 0 aliphatic heterocycles. The number of aryl methyl sites for hydroxylation is 1. The lowest BCUT2D eigenvalue weighted by atomic mass is 9.99. The van der Waals surface area contributed by atoms with E-state index in [9.17, 15) is 10.1 Å². The molecule has 6 heteroatoms. The fourth-order valence-corrected chi connectivity index (χ4v) is 3.61. The van der Waals surface area contributed by atoms with Crippen LogP contribution in [0.15, 0.2) is 66.9 Å². The van der Waals surface area contributed by atoms with Gasteiger partial charge in [0, 0.05) is 23.8 Å². The van der Waals surface area contributed by atoms with E-state index in [2.05, 4.69) is 16.4 Å². The van der Waals surface area contributed by atoms with Crippen LogP contribution in [0.4, 0.5) is 0 Å². The largest absolute Gasteiger partial charge is 0.347 e. The minimum absolute atomic E-state index is 0.180. The maximum Gasteiger partial charge on any atom is 0.270 e. The number of fused-ring (bicyclic) bond motifs is 1. The van der Waals surface area contributed by atoms with Gasteiger partial charge in [-0.2, -0.15) is 5.26 Å². The van der Waals surface area contributed by atoms with E-state index in [1.165, 1.54) is 0 Å². The highest BCUT2D eigenvalue weighted by Crippen LogP contribution is 2.23.